The molecule has 1 saturated carbocycles. The number of hydrogen-bond donors (Lipinski definition) is 0. The lowest BCUT2D eigenvalue weighted by molar-refractivity contribution is -0.137. The van der Waals surface area contributed by atoms with Crippen LogP contribution in [0.1, 0.15) is 53.8 Å². The molecule has 146 valence electrons. The molecule has 2 aromatic carbocycles. The topological polar surface area (TPSA) is 44.1 Å². The van der Waals surface area contributed by atoms with Crippen molar-refractivity contribution >= 4 is 17.0 Å². The summed E-state index contributed by atoms with van der Waals surface area (Å²) in [5.41, 5.74) is 1.27. The number of carbonyl (C=O) groups is 1. The van der Waals surface area contributed by atoms with Gasteiger partial charge in [-0.05, 0) is 56.2 Å². The lowest BCUT2D eigenvalue weighted by atomic mass is 9.85. The van der Waals surface area contributed by atoms with Gasteiger partial charge < -0.3 is 4.74 Å². The highest BCUT2D eigenvalue weighted by molar-refractivity contribution is 5.90. The predicted octanol–water partition coefficient (Wildman–Crippen LogP) is 5.49. The van der Waals surface area contributed by atoms with Crippen molar-refractivity contribution in [3.63, 3.8) is 0 Å². The van der Waals surface area contributed by atoms with Crippen LogP contribution in [0.2, 0.25) is 0 Å². The zero-order valence-electron chi connectivity index (χ0n) is 15.3. The van der Waals surface area contributed by atoms with Gasteiger partial charge in [0, 0.05) is 11.6 Å². The zero-order chi connectivity index (χ0) is 19.9. The molecule has 1 fully saturated rings. The minimum Gasteiger partial charge on any atom is -0.462 e. The minimum absolute atomic E-state index is 0.202. The number of fused-ring (bicyclic) bond motifs is 1. The van der Waals surface area contributed by atoms with E-state index in [-0.39, 0.29) is 12.5 Å². The molecule has 7 heteroatoms. The Hall–Kier alpha value is -2.83. The maximum Gasteiger partial charge on any atom is 0.416 e. The van der Waals surface area contributed by atoms with Gasteiger partial charge in [0.15, 0.2) is 0 Å². The lowest BCUT2D eigenvalue weighted by Gasteiger charge is -2.25. The first kappa shape index (κ1) is 18.5. The summed E-state index contributed by atoms with van der Waals surface area (Å²) in [7, 11) is 0. The molecule has 1 aliphatic rings. The summed E-state index contributed by atoms with van der Waals surface area (Å²) in [5, 5.41) is 0. The van der Waals surface area contributed by atoms with Crippen LogP contribution in [0.4, 0.5) is 13.2 Å². The van der Waals surface area contributed by atoms with E-state index >= 15 is 0 Å². The summed E-state index contributed by atoms with van der Waals surface area (Å²) in [6.45, 7) is 2.00. The van der Waals surface area contributed by atoms with Gasteiger partial charge in [0.25, 0.3) is 0 Å². The van der Waals surface area contributed by atoms with Gasteiger partial charge in [-0.25, -0.2) is 9.78 Å². The molecular weight excluding hydrogens is 369 g/mol. The molecule has 1 aromatic heterocycles. The third kappa shape index (κ3) is 3.25. The van der Waals surface area contributed by atoms with Crippen molar-refractivity contribution in [3.8, 4) is 5.69 Å². The van der Waals surface area contributed by atoms with Gasteiger partial charge in [0.05, 0.1) is 28.8 Å². The van der Waals surface area contributed by atoms with Gasteiger partial charge in [-0.3, -0.25) is 4.57 Å². The van der Waals surface area contributed by atoms with E-state index in [1.54, 1.807) is 25.1 Å². The lowest BCUT2D eigenvalue weighted by Crippen LogP contribution is -2.15. The number of hydrogen-bond acceptors (Lipinski definition) is 3. The van der Waals surface area contributed by atoms with E-state index in [1.165, 1.54) is 6.07 Å². The Balaban J connectivity index is 1.87. The van der Waals surface area contributed by atoms with Gasteiger partial charge in [-0.2, -0.15) is 13.2 Å². The molecule has 1 aliphatic carbocycles. The minimum atomic E-state index is -4.42. The number of benzene rings is 2. The number of aromatic nitrogens is 2. The van der Waals surface area contributed by atoms with E-state index in [9.17, 15) is 18.0 Å². The molecule has 0 atom stereocenters. The molecule has 0 unspecified atom stereocenters. The number of nitrogens with zero attached hydrogens (tertiary/aromatic N) is 2. The maximum atomic E-state index is 13.1. The fourth-order valence-corrected chi connectivity index (χ4v) is 3.47. The summed E-state index contributed by atoms with van der Waals surface area (Å²) >= 11 is 0. The Labute approximate surface area is 159 Å². The Morgan fingerprint density at radius 1 is 1.21 bits per heavy atom. The van der Waals surface area contributed by atoms with Gasteiger partial charge >= 0.3 is 12.1 Å². The number of rotatable bonds is 4. The summed E-state index contributed by atoms with van der Waals surface area (Å²) in [4.78, 5) is 16.6. The van der Waals surface area contributed by atoms with Crippen molar-refractivity contribution in [2.75, 3.05) is 6.61 Å². The van der Waals surface area contributed by atoms with Crippen LogP contribution in [0.25, 0.3) is 16.7 Å². The third-order valence-electron chi connectivity index (χ3n) is 5.09. The smallest absolute Gasteiger partial charge is 0.416 e. The van der Waals surface area contributed by atoms with E-state index in [0.717, 1.165) is 37.2 Å². The Kier molecular flexibility index (Phi) is 4.61. The van der Waals surface area contributed by atoms with Crippen molar-refractivity contribution in [1.82, 2.24) is 9.55 Å². The fraction of sp³-hybridized carbons (Fsp3) is 0.333. The van der Waals surface area contributed by atoms with Gasteiger partial charge in [-0.15, -0.1) is 0 Å². The SMILES string of the molecule is CCOC(=O)c1cccc(-n2c(C3CCC3)nc3cc(C(F)(F)F)ccc32)c1. The number of esters is 1. The highest BCUT2D eigenvalue weighted by Crippen LogP contribution is 2.39. The van der Waals surface area contributed by atoms with E-state index in [0.29, 0.717) is 22.3 Å². The third-order valence-corrected chi connectivity index (χ3v) is 5.09. The van der Waals surface area contributed by atoms with Crippen LogP contribution < -0.4 is 0 Å². The van der Waals surface area contributed by atoms with Crippen molar-refractivity contribution in [2.24, 2.45) is 0 Å². The molecule has 0 spiro atoms. The van der Waals surface area contributed by atoms with Crippen molar-refractivity contribution in [2.45, 2.75) is 38.3 Å². The first-order chi connectivity index (χ1) is 13.4. The molecule has 0 saturated heterocycles. The molecule has 0 aliphatic heterocycles. The molecule has 4 rings (SSSR count). The molecule has 3 aromatic rings. The fourth-order valence-electron chi connectivity index (χ4n) is 3.47. The van der Waals surface area contributed by atoms with E-state index in [4.69, 9.17) is 4.74 Å². The molecule has 1 heterocycles. The Morgan fingerprint density at radius 2 is 2.00 bits per heavy atom. The maximum absolute atomic E-state index is 13.1. The average Bonchev–Trinajstić information content (AvgIpc) is 2.97. The number of ether oxygens (including phenoxy) is 1. The quantitative estimate of drug-likeness (QED) is 0.555. The van der Waals surface area contributed by atoms with E-state index < -0.39 is 17.7 Å². The second-order valence-corrected chi connectivity index (χ2v) is 6.91. The first-order valence-electron chi connectivity index (χ1n) is 9.25. The molecule has 28 heavy (non-hydrogen) atoms. The summed E-state index contributed by atoms with van der Waals surface area (Å²) in [6, 6.07) is 10.5. The molecule has 0 N–H and O–H groups in total. The summed E-state index contributed by atoms with van der Waals surface area (Å²) in [6.07, 6.45) is -1.44. The van der Waals surface area contributed by atoms with Crippen LogP contribution in [-0.2, 0) is 10.9 Å². The Bertz CT molecular complexity index is 1040. The highest BCUT2D eigenvalue weighted by Gasteiger charge is 2.32. The molecule has 4 nitrogen and oxygen atoms in total. The molecule has 0 amide bonds. The van der Waals surface area contributed by atoms with Crippen LogP contribution in [0.3, 0.4) is 0 Å². The standard InChI is InChI=1S/C21H19F3N2O2/c1-2-28-20(27)14-7-4-8-16(11-14)26-18-10-9-15(21(22,23)24)12-17(18)25-19(26)13-5-3-6-13/h4,7-13H,2-3,5-6H2,1H3. The van der Waals surface area contributed by atoms with Crippen molar-refractivity contribution < 1.29 is 22.7 Å². The van der Waals surface area contributed by atoms with Crippen LogP contribution in [0, 0.1) is 0 Å². The Morgan fingerprint density at radius 3 is 2.64 bits per heavy atom. The monoisotopic (exact) mass is 388 g/mol. The highest BCUT2D eigenvalue weighted by atomic mass is 19.4. The molecular formula is C21H19F3N2O2. The molecule has 0 bridgehead atoms. The average molecular weight is 388 g/mol. The van der Waals surface area contributed by atoms with Crippen molar-refractivity contribution in [3.05, 3.63) is 59.4 Å². The second kappa shape index (κ2) is 6.96. The van der Waals surface area contributed by atoms with Gasteiger partial charge in [-0.1, -0.05) is 12.5 Å². The second-order valence-electron chi connectivity index (χ2n) is 6.91. The number of alkyl halides is 3. The van der Waals surface area contributed by atoms with Crippen molar-refractivity contribution in [1.29, 1.82) is 0 Å². The van der Waals surface area contributed by atoms with Crippen LogP contribution in [0.15, 0.2) is 42.5 Å². The predicted molar refractivity (Wildman–Crippen MR) is 98.6 cm³/mol. The van der Waals surface area contributed by atoms with E-state index in [1.807, 2.05) is 10.6 Å². The largest absolute Gasteiger partial charge is 0.462 e. The number of imidazole rings is 1. The van der Waals surface area contributed by atoms with Crippen LogP contribution >= 0.6 is 0 Å². The number of halogens is 3. The van der Waals surface area contributed by atoms with Crippen LogP contribution in [0.5, 0.6) is 0 Å². The summed E-state index contributed by atoms with van der Waals surface area (Å²) < 4.78 is 46.3. The van der Waals surface area contributed by atoms with Gasteiger partial charge in [0.1, 0.15) is 5.82 Å². The number of carbonyl (C=O) groups excluding carboxylic acids is 1. The zero-order valence-corrected chi connectivity index (χ0v) is 15.3. The molecule has 0 radical (unpaired) electrons. The normalized spacial score (nSPS) is 14.9. The van der Waals surface area contributed by atoms with Gasteiger partial charge in [0.2, 0.25) is 0 Å². The van der Waals surface area contributed by atoms with Crippen LogP contribution in [-0.4, -0.2) is 22.1 Å². The first-order valence-corrected chi connectivity index (χ1v) is 9.25. The summed E-state index contributed by atoms with van der Waals surface area (Å²) in [5.74, 6) is 0.507. The van der Waals surface area contributed by atoms with E-state index in [2.05, 4.69) is 4.98 Å².